The lowest BCUT2D eigenvalue weighted by Crippen LogP contribution is -2.11. The first-order chi connectivity index (χ1) is 6.89. The first kappa shape index (κ1) is 10.9. The van der Waals surface area contributed by atoms with Gasteiger partial charge in [-0.05, 0) is 30.0 Å². The maximum absolute atomic E-state index is 11.3. The van der Waals surface area contributed by atoms with Crippen molar-refractivity contribution in [3.63, 3.8) is 0 Å². The topological polar surface area (TPSA) is 60.2 Å². The maximum atomic E-state index is 11.3. The molecule has 0 aliphatic heterocycles. The van der Waals surface area contributed by atoms with E-state index in [4.69, 9.17) is 16.7 Å². The van der Waals surface area contributed by atoms with Gasteiger partial charge in [-0.15, -0.1) is 11.3 Å². The highest BCUT2D eigenvalue weighted by atomic mass is 35.5. The number of fused-ring (bicyclic) bond motifs is 1. The predicted molar refractivity (Wildman–Crippen MR) is 62.9 cm³/mol. The van der Waals surface area contributed by atoms with E-state index in [1.54, 1.807) is 25.1 Å². The van der Waals surface area contributed by atoms with Gasteiger partial charge in [0.05, 0.1) is 0 Å². The standard InChI is InChI=1S/C9H8ClNO2S2/c1-5-7-3-2-6(10)4-8(7)14-9(5)15(11,12)13/h2-4H,1H3,(H2,11,12,13). The molecule has 0 fully saturated rings. The zero-order chi connectivity index (χ0) is 11.2. The summed E-state index contributed by atoms with van der Waals surface area (Å²) in [5.41, 5.74) is 0.689. The minimum absolute atomic E-state index is 0.208. The molecule has 0 bridgehead atoms. The summed E-state index contributed by atoms with van der Waals surface area (Å²) in [6.07, 6.45) is 0. The summed E-state index contributed by atoms with van der Waals surface area (Å²) in [5.74, 6) is 0. The molecule has 0 spiro atoms. The van der Waals surface area contributed by atoms with E-state index in [1.165, 1.54) is 0 Å². The molecule has 2 N–H and O–H groups in total. The highest BCUT2D eigenvalue weighted by molar-refractivity contribution is 7.91. The van der Waals surface area contributed by atoms with Crippen LogP contribution in [0.4, 0.5) is 0 Å². The van der Waals surface area contributed by atoms with Gasteiger partial charge in [0.2, 0.25) is 10.0 Å². The quantitative estimate of drug-likeness (QED) is 0.857. The van der Waals surface area contributed by atoms with Crippen LogP contribution in [-0.2, 0) is 10.0 Å². The van der Waals surface area contributed by atoms with Crippen LogP contribution in [0.15, 0.2) is 22.4 Å². The van der Waals surface area contributed by atoms with E-state index in [1.807, 2.05) is 0 Å². The number of primary sulfonamides is 1. The third kappa shape index (κ3) is 1.88. The van der Waals surface area contributed by atoms with Crippen LogP contribution in [0.2, 0.25) is 5.02 Å². The number of thiophene rings is 1. The summed E-state index contributed by atoms with van der Waals surface area (Å²) < 4.78 is 23.6. The van der Waals surface area contributed by atoms with Crippen LogP contribution in [-0.4, -0.2) is 8.42 Å². The fraction of sp³-hybridized carbons (Fsp3) is 0.111. The van der Waals surface area contributed by atoms with Crippen LogP contribution in [0.5, 0.6) is 0 Å². The van der Waals surface area contributed by atoms with Gasteiger partial charge in [0.1, 0.15) is 4.21 Å². The van der Waals surface area contributed by atoms with Gasteiger partial charge in [-0.1, -0.05) is 17.7 Å². The predicted octanol–water partition coefficient (Wildman–Crippen LogP) is 2.51. The van der Waals surface area contributed by atoms with Crippen molar-refractivity contribution in [2.24, 2.45) is 5.14 Å². The van der Waals surface area contributed by atoms with Crippen LogP contribution >= 0.6 is 22.9 Å². The van der Waals surface area contributed by atoms with Crippen molar-refractivity contribution >= 4 is 43.0 Å². The number of benzene rings is 1. The molecular weight excluding hydrogens is 254 g/mol. The summed E-state index contributed by atoms with van der Waals surface area (Å²) in [6, 6.07) is 5.28. The summed E-state index contributed by atoms with van der Waals surface area (Å²) in [7, 11) is -3.63. The highest BCUT2D eigenvalue weighted by Crippen LogP contribution is 2.34. The molecule has 15 heavy (non-hydrogen) atoms. The van der Waals surface area contributed by atoms with Crippen molar-refractivity contribution in [3.8, 4) is 0 Å². The van der Waals surface area contributed by atoms with E-state index >= 15 is 0 Å². The monoisotopic (exact) mass is 261 g/mol. The summed E-state index contributed by atoms with van der Waals surface area (Å²) >= 11 is 6.97. The smallest absolute Gasteiger partial charge is 0.224 e. The fourth-order valence-electron chi connectivity index (χ4n) is 1.45. The Morgan fingerprint density at radius 3 is 2.67 bits per heavy atom. The molecule has 0 saturated heterocycles. The van der Waals surface area contributed by atoms with Gasteiger partial charge in [-0.2, -0.15) is 0 Å². The second kappa shape index (κ2) is 3.45. The SMILES string of the molecule is Cc1c(S(N)(=O)=O)sc2cc(Cl)ccc12. The Bertz CT molecular complexity index is 631. The van der Waals surface area contributed by atoms with Gasteiger partial charge in [0.25, 0.3) is 0 Å². The number of hydrogen-bond donors (Lipinski definition) is 1. The third-order valence-electron chi connectivity index (χ3n) is 2.11. The molecule has 0 aliphatic rings. The molecule has 3 nitrogen and oxygen atoms in total. The Balaban J connectivity index is 2.87. The van der Waals surface area contributed by atoms with Gasteiger partial charge in [0, 0.05) is 9.72 Å². The number of nitrogens with two attached hydrogens (primary N) is 1. The first-order valence-electron chi connectivity index (χ1n) is 4.11. The van der Waals surface area contributed by atoms with Gasteiger partial charge in [-0.25, -0.2) is 13.6 Å². The van der Waals surface area contributed by atoms with E-state index < -0.39 is 10.0 Å². The largest absolute Gasteiger partial charge is 0.247 e. The van der Waals surface area contributed by atoms with Crippen molar-refractivity contribution in [2.75, 3.05) is 0 Å². The van der Waals surface area contributed by atoms with Crippen LogP contribution < -0.4 is 5.14 Å². The van der Waals surface area contributed by atoms with Crippen LogP contribution in [0.3, 0.4) is 0 Å². The van der Waals surface area contributed by atoms with Crippen LogP contribution in [0, 0.1) is 6.92 Å². The second-order valence-corrected chi connectivity index (χ2v) is 6.45. The zero-order valence-electron chi connectivity index (χ0n) is 7.82. The molecule has 1 heterocycles. The number of aryl methyl sites for hydroxylation is 1. The van der Waals surface area contributed by atoms with Crippen LogP contribution in [0.25, 0.3) is 10.1 Å². The Hall–Kier alpha value is -0.620. The van der Waals surface area contributed by atoms with Gasteiger partial charge < -0.3 is 0 Å². The summed E-state index contributed by atoms with van der Waals surface area (Å²) in [4.78, 5) is 0. The van der Waals surface area contributed by atoms with Gasteiger partial charge in [0.15, 0.2) is 0 Å². The molecule has 1 aromatic carbocycles. The Morgan fingerprint density at radius 1 is 1.40 bits per heavy atom. The molecule has 0 amide bonds. The summed E-state index contributed by atoms with van der Waals surface area (Å²) in [6.45, 7) is 1.74. The van der Waals surface area contributed by atoms with Gasteiger partial charge in [-0.3, -0.25) is 0 Å². The molecular formula is C9H8ClNO2S2. The fourth-order valence-corrected chi connectivity index (χ4v) is 3.94. The molecule has 0 unspecified atom stereocenters. The summed E-state index contributed by atoms with van der Waals surface area (Å²) in [5, 5.41) is 6.58. The molecule has 80 valence electrons. The third-order valence-corrected chi connectivity index (χ3v) is 5.17. The highest BCUT2D eigenvalue weighted by Gasteiger charge is 2.17. The van der Waals surface area contributed by atoms with Crippen molar-refractivity contribution in [1.82, 2.24) is 0 Å². The van der Waals surface area contributed by atoms with E-state index in [-0.39, 0.29) is 4.21 Å². The van der Waals surface area contributed by atoms with E-state index in [0.29, 0.717) is 10.6 Å². The number of halogens is 1. The Labute approximate surface area is 96.5 Å². The molecule has 1 aromatic heterocycles. The Morgan fingerprint density at radius 2 is 2.07 bits per heavy atom. The minimum atomic E-state index is -3.63. The van der Waals surface area contributed by atoms with E-state index in [2.05, 4.69) is 0 Å². The maximum Gasteiger partial charge on any atom is 0.247 e. The number of hydrogen-bond acceptors (Lipinski definition) is 3. The molecule has 2 rings (SSSR count). The number of rotatable bonds is 1. The van der Waals surface area contributed by atoms with Crippen LogP contribution in [0.1, 0.15) is 5.56 Å². The second-order valence-electron chi connectivity index (χ2n) is 3.20. The van der Waals surface area contributed by atoms with Crippen molar-refractivity contribution in [2.45, 2.75) is 11.1 Å². The lowest BCUT2D eigenvalue weighted by molar-refractivity contribution is 0.599. The average Bonchev–Trinajstić information content (AvgIpc) is 2.42. The number of sulfonamides is 1. The zero-order valence-corrected chi connectivity index (χ0v) is 10.2. The molecule has 0 atom stereocenters. The normalized spacial score (nSPS) is 12.2. The lowest BCUT2D eigenvalue weighted by Gasteiger charge is -1.94. The molecule has 2 aromatic rings. The van der Waals surface area contributed by atoms with Crippen molar-refractivity contribution in [3.05, 3.63) is 28.8 Å². The van der Waals surface area contributed by atoms with Gasteiger partial charge >= 0.3 is 0 Å². The molecule has 0 radical (unpaired) electrons. The average molecular weight is 262 g/mol. The molecule has 6 heteroatoms. The first-order valence-corrected chi connectivity index (χ1v) is 6.85. The van der Waals surface area contributed by atoms with E-state index in [0.717, 1.165) is 21.4 Å². The van der Waals surface area contributed by atoms with Crippen molar-refractivity contribution in [1.29, 1.82) is 0 Å². The van der Waals surface area contributed by atoms with E-state index in [9.17, 15) is 8.42 Å². The molecule has 0 saturated carbocycles. The lowest BCUT2D eigenvalue weighted by atomic mass is 10.2. The molecule has 0 aliphatic carbocycles. The Kier molecular flexibility index (Phi) is 2.50. The van der Waals surface area contributed by atoms with Crippen molar-refractivity contribution < 1.29 is 8.42 Å². The minimum Gasteiger partial charge on any atom is -0.224 e.